The number of nitrogens with one attached hydrogen (secondary N) is 3. The van der Waals surface area contributed by atoms with Crippen LogP contribution in [0.3, 0.4) is 0 Å². The molecule has 2 aromatic carbocycles. The lowest BCUT2D eigenvalue weighted by Gasteiger charge is -2.31. The Morgan fingerprint density at radius 3 is 2.61 bits per heavy atom. The molecular weight excluding hydrogens is 442 g/mol. The molecule has 3 heterocycles. The van der Waals surface area contributed by atoms with E-state index in [2.05, 4.69) is 20.9 Å². The summed E-state index contributed by atoms with van der Waals surface area (Å²) in [6.07, 6.45) is 0. The van der Waals surface area contributed by atoms with Gasteiger partial charge in [0.15, 0.2) is 10.7 Å². The Hall–Kier alpha value is -3.92. The highest BCUT2D eigenvalue weighted by atomic mass is 32.1. The number of hydrogen-bond donors (Lipinski definition) is 3. The average Bonchev–Trinajstić information content (AvgIpc) is 3.50. The van der Waals surface area contributed by atoms with Gasteiger partial charge in [0, 0.05) is 30.1 Å². The Balaban J connectivity index is 1.46. The van der Waals surface area contributed by atoms with E-state index in [4.69, 9.17) is 4.74 Å². The molecule has 0 aliphatic carbocycles. The number of methoxy groups -OCH3 is 1. The molecule has 1 atom stereocenters. The number of anilines is 1. The number of benzene rings is 2. The largest absolute Gasteiger partial charge is 0.497 e. The molecule has 1 aromatic heterocycles. The first-order valence-electron chi connectivity index (χ1n) is 10.3. The number of ether oxygens (including phenoxy) is 1. The number of thiazole rings is 1. The molecule has 3 N–H and O–H groups in total. The van der Waals surface area contributed by atoms with Crippen molar-refractivity contribution in [2.75, 3.05) is 26.0 Å². The molecule has 1 fully saturated rings. The van der Waals surface area contributed by atoms with Gasteiger partial charge in [-0.05, 0) is 23.3 Å². The van der Waals surface area contributed by atoms with Crippen molar-refractivity contribution in [2.24, 2.45) is 0 Å². The number of urea groups is 1. The molecule has 9 nitrogen and oxygen atoms in total. The zero-order chi connectivity index (χ0) is 23.2. The number of hydrogen-bond acceptors (Lipinski definition) is 7. The van der Waals surface area contributed by atoms with Crippen LogP contribution in [0.5, 0.6) is 5.75 Å². The molecule has 2 aliphatic rings. The lowest BCUT2D eigenvalue weighted by molar-refractivity contribution is -0.124. The predicted molar refractivity (Wildman–Crippen MR) is 123 cm³/mol. The van der Waals surface area contributed by atoms with Gasteiger partial charge in [0.2, 0.25) is 0 Å². The van der Waals surface area contributed by atoms with Crippen molar-refractivity contribution in [1.29, 1.82) is 0 Å². The number of imide groups is 1. The Kier molecular flexibility index (Phi) is 5.01. The summed E-state index contributed by atoms with van der Waals surface area (Å²) < 4.78 is 5.23. The predicted octanol–water partition coefficient (Wildman–Crippen LogP) is 2.55. The van der Waals surface area contributed by atoms with Crippen LogP contribution >= 0.6 is 11.3 Å². The van der Waals surface area contributed by atoms with Crippen LogP contribution in [0.4, 0.5) is 9.93 Å². The summed E-state index contributed by atoms with van der Waals surface area (Å²) in [5.41, 5.74) is 2.26. The second kappa shape index (κ2) is 7.89. The molecule has 33 heavy (non-hydrogen) atoms. The second-order valence-corrected chi connectivity index (χ2v) is 8.72. The summed E-state index contributed by atoms with van der Waals surface area (Å²) in [4.78, 5) is 44.3. The molecule has 0 bridgehead atoms. The smallest absolute Gasteiger partial charge is 0.322 e. The Bertz CT molecular complexity index is 1270. The van der Waals surface area contributed by atoms with Crippen LogP contribution in [0.15, 0.2) is 47.8 Å². The minimum atomic E-state index is -1.39. The highest BCUT2D eigenvalue weighted by Gasteiger charge is 2.50. The fraction of sp³-hybridized carbons (Fsp3) is 0.217. The molecule has 168 valence electrons. The Morgan fingerprint density at radius 1 is 1.18 bits per heavy atom. The maximum absolute atomic E-state index is 13.1. The standard InChI is InChI=1S/C23H21N5O4S/c1-24-22-25-18(11-33-22)13-3-6-15(7-4-13)23(20(30)26-21(31)27-23)12-28-10-14-5-8-16(32-2)9-17(14)19(28)29/h3-9,11H,10,12H2,1-2H3,(H,24,25)(H2,26,27,30,31)/t23-/m0/s1. The van der Waals surface area contributed by atoms with Gasteiger partial charge in [-0.25, -0.2) is 9.78 Å². The van der Waals surface area contributed by atoms with Crippen LogP contribution in [0, 0.1) is 0 Å². The van der Waals surface area contributed by atoms with E-state index in [1.54, 1.807) is 36.3 Å². The van der Waals surface area contributed by atoms with Gasteiger partial charge < -0.3 is 20.3 Å². The SMILES string of the molecule is CNc1nc(-c2ccc([C@]3(CN4Cc5ccc(OC)cc5C4=O)NC(=O)NC3=O)cc2)cs1. The zero-order valence-corrected chi connectivity index (χ0v) is 18.8. The van der Waals surface area contributed by atoms with E-state index in [1.165, 1.54) is 11.3 Å². The molecule has 10 heteroatoms. The topological polar surface area (TPSA) is 113 Å². The first kappa shape index (κ1) is 21.0. The van der Waals surface area contributed by atoms with Crippen LogP contribution < -0.4 is 20.7 Å². The van der Waals surface area contributed by atoms with E-state index in [9.17, 15) is 14.4 Å². The maximum Gasteiger partial charge on any atom is 0.322 e. The number of carbonyl (C=O) groups is 3. The van der Waals surface area contributed by atoms with Crippen molar-refractivity contribution in [1.82, 2.24) is 20.5 Å². The molecule has 4 amide bonds. The van der Waals surface area contributed by atoms with E-state index in [-0.39, 0.29) is 12.5 Å². The van der Waals surface area contributed by atoms with Gasteiger partial charge in [0.05, 0.1) is 19.3 Å². The average molecular weight is 464 g/mol. The van der Waals surface area contributed by atoms with Crippen molar-refractivity contribution in [2.45, 2.75) is 12.1 Å². The van der Waals surface area contributed by atoms with E-state index in [1.807, 2.05) is 30.6 Å². The molecular formula is C23H21N5O4S. The summed E-state index contributed by atoms with van der Waals surface area (Å²) in [5, 5.41) is 10.8. The maximum atomic E-state index is 13.1. The number of carbonyl (C=O) groups excluding carboxylic acids is 3. The lowest BCUT2D eigenvalue weighted by atomic mass is 9.88. The lowest BCUT2D eigenvalue weighted by Crippen LogP contribution is -2.52. The van der Waals surface area contributed by atoms with Gasteiger partial charge in [0.1, 0.15) is 5.75 Å². The summed E-state index contributed by atoms with van der Waals surface area (Å²) in [5.74, 6) is -0.117. The molecule has 1 saturated heterocycles. The third kappa shape index (κ3) is 3.48. The molecule has 0 spiro atoms. The minimum absolute atomic E-state index is 0.000350. The normalized spacial score (nSPS) is 19.3. The third-order valence-corrected chi connectivity index (χ3v) is 6.82. The number of fused-ring (bicyclic) bond motifs is 1. The monoisotopic (exact) mass is 463 g/mol. The minimum Gasteiger partial charge on any atom is -0.497 e. The summed E-state index contributed by atoms with van der Waals surface area (Å²) >= 11 is 1.50. The fourth-order valence-electron chi connectivity index (χ4n) is 4.23. The third-order valence-electron chi connectivity index (χ3n) is 5.96. The summed E-state index contributed by atoms with van der Waals surface area (Å²) in [7, 11) is 3.35. The number of nitrogens with zero attached hydrogens (tertiary/aromatic N) is 2. The van der Waals surface area contributed by atoms with Gasteiger partial charge >= 0.3 is 6.03 Å². The van der Waals surface area contributed by atoms with Crippen molar-refractivity contribution in [3.05, 3.63) is 64.5 Å². The molecule has 0 radical (unpaired) electrons. The van der Waals surface area contributed by atoms with Crippen LogP contribution in [-0.4, -0.2) is 48.4 Å². The molecule has 5 rings (SSSR count). The van der Waals surface area contributed by atoms with Gasteiger partial charge in [-0.3, -0.25) is 14.9 Å². The number of aromatic nitrogens is 1. The highest BCUT2D eigenvalue weighted by Crippen LogP contribution is 2.33. The fourth-order valence-corrected chi connectivity index (χ4v) is 4.91. The molecule has 0 unspecified atom stereocenters. The van der Waals surface area contributed by atoms with E-state index in [0.717, 1.165) is 22.0 Å². The summed E-state index contributed by atoms with van der Waals surface area (Å²) in [6.45, 7) is 0.340. The summed E-state index contributed by atoms with van der Waals surface area (Å²) in [6, 6.07) is 12.0. The van der Waals surface area contributed by atoms with E-state index in [0.29, 0.717) is 23.4 Å². The van der Waals surface area contributed by atoms with Crippen molar-refractivity contribution < 1.29 is 19.1 Å². The van der Waals surface area contributed by atoms with Crippen molar-refractivity contribution in [3.63, 3.8) is 0 Å². The van der Waals surface area contributed by atoms with Crippen LogP contribution in [0.2, 0.25) is 0 Å². The highest BCUT2D eigenvalue weighted by molar-refractivity contribution is 7.14. The zero-order valence-electron chi connectivity index (χ0n) is 18.0. The van der Waals surface area contributed by atoms with Crippen molar-refractivity contribution >= 4 is 34.3 Å². The quantitative estimate of drug-likeness (QED) is 0.485. The number of amides is 4. The molecule has 0 saturated carbocycles. The Labute approximate surface area is 193 Å². The first-order valence-corrected chi connectivity index (χ1v) is 11.2. The van der Waals surface area contributed by atoms with E-state index < -0.39 is 17.5 Å². The molecule has 2 aliphatic heterocycles. The van der Waals surface area contributed by atoms with Crippen LogP contribution in [0.1, 0.15) is 21.5 Å². The van der Waals surface area contributed by atoms with Gasteiger partial charge in [0.25, 0.3) is 11.8 Å². The Morgan fingerprint density at radius 2 is 1.97 bits per heavy atom. The van der Waals surface area contributed by atoms with Crippen molar-refractivity contribution in [3.8, 4) is 17.0 Å². The molecule has 3 aromatic rings. The van der Waals surface area contributed by atoms with Crippen LogP contribution in [-0.2, 0) is 16.9 Å². The van der Waals surface area contributed by atoms with Gasteiger partial charge in [-0.2, -0.15) is 0 Å². The van der Waals surface area contributed by atoms with E-state index >= 15 is 0 Å². The number of rotatable bonds is 6. The van der Waals surface area contributed by atoms with Gasteiger partial charge in [-0.15, -0.1) is 11.3 Å². The van der Waals surface area contributed by atoms with Gasteiger partial charge in [-0.1, -0.05) is 30.3 Å². The second-order valence-electron chi connectivity index (χ2n) is 7.86. The van der Waals surface area contributed by atoms with Crippen LogP contribution in [0.25, 0.3) is 11.3 Å². The first-order chi connectivity index (χ1) is 15.9.